The van der Waals surface area contributed by atoms with Crippen molar-refractivity contribution in [2.24, 2.45) is 5.92 Å². The molecule has 2 heterocycles. The summed E-state index contributed by atoms with van der Waals surface area (Å²) in [6.45, 7) is 1.40. The SMILES string of the molecule is O=C(NC(CO)c1ccc(Cl)c(F)c1)N1CCc2cnc(NCC3CC3)nc2C1. The maximum Gasteiger partial charge on any atom is 0.318 e. The Morgan fingerprint density at radius 1 is 1.41 bits per heavy atom. The molecule has 1 aromatic heterocycles. The predicted molar refractivity (Wildman–Crippen MR) is 107 cm³/mol. The highest BCUT2D eigenvalue weighted by molar-refractivity contribution is 6.30. The summed E-state index contributed by atoms with van der Waals surface area (Å²) < 4.78 is 13.7. The molecule has 4 rings (SSSR count). The van der Waals surface area contributed by atoms with Crippen molar-refractivity contribution in [3.63, 3.8) is 0 Å². The number of benzene rings is 1. The van der Waals surface area contributed by atoms with Gasteiger partial charge in [0.2, 0.25) is 5.95 Å². The number of carbonyl (C=O) groups is 1. The number of fused-ring (bicyclic) bond motifs is 1. The Labute approximate surface area is 173 Å². The lowest BCUT2D eigenvalue weighted by atomic mass is 10.1. The Hall–Kier alpha value is -2.45. The largest absolute Gasteiger partial charge is 0.394 e. The molecule has 1 saturated carbocycles. The van der Waals surface area contributed by atoms with Crippen LogP contribution >= 0.6 is 11.6 Å². The number of carbonyl (C=O) groups excluding carboxylic acids is 1. The number of urea groups is 1. The van der Waals surface area contributed by atoms with Crippen molar-refractivity contribution >= 4 is 23.6 Å². The smallest absolute Gasteiger partial charge is 0.318 e. The first-order chi connectivity index (χ1) is 14.0. The van der Waals surface area contributed by atoms with E-state index < -0.39 is 11.9 Å². The number of anilines is 1. The maximum absolute atomic E-state index is 13.7. The van der Waals surface area contributed by atoms with E-state index in [9.17, 15) is 14.3 Å². The Morgan fingerprint density at radius 2 is 2.24 bits per heavy atom. The highest BCUT2D eigenvalue weighted by atomic mass is 35.5. The minimum atomic E-state index is -0.725. The second kappa shape index (κ2) is 8.51. The zero-order chi connectivity index (χ0) is 20.4. The second-order valence-electron chi connectivity index (χ2n) is 7.52. The van der Waals surface area contributed by atoms with Crippen molar-refractivity contribution in [3.8, 4) is 0 Å². The van der Waals surface area contributed by atoms with Gasteiger partial charge in [0.15, 0.2) is 0 Å². The van der Waals surface area contributed by atoms with Crippen molar-refractivity contribution in [1.29, 1.82) is 0 Å². The number of amides is 2. The molecule has 154 valence electrons. The molecule has 2 amide bonds. The van der Waals surface area contributed by atoms with Crippen LogP contribution in [0.2, 0.25) is 5.02 Å². The number of nitrogens with zero attached hydrogens (tertiary/aromatic N) is 3. The van der Waals surface area contributed by atoms with E-state index in [0.717, 1.165) is 17.8 Å². The summed E-state index contributed by atoms with van der Waals surface area (Å²) in [5.41, 5.74) is 2.30. The predicted octanol–water partition coefficient (Wildman–Crippen LogP) is 2.89. The third kappa shape index (κ3) is 4.76. The normalized spacial score (nSPS) is 16.9. The molecule has 3 N–H and O–H groups in total. The molecular formula is C20H23ClFN5O2. The first-order valence-electron chi connectivity index (χ1n) is 9.73. The van der Waals surface area contributed by atoms with E-state index in [1.807, 2.05) is 6.20 Å². The van der Waals surface area contributed by atoms with Crippen LogP contribution in [0.5, 0.6) is 0 Å². The summed E-state index contributed by atoms with van der Waals surface area (Å²) in [4.78, 5) is 23.3. The van der Waals surface area contributed by atoms with Gasteiger partial charge < -0.3 is 20.6 Å². The van der Waals surface area contributed by atoms with E-state index in [0.29, 0.717) is 36.9 Å². The fourth-order valence-electron chi connectivity index (χ4n) is 3.32. The zero-order valence-electron chi connectivity index (χ0n) is 15.9. The summed E-state index contributed by atoms with van der Waals surface area (Å²) in [6.07, 6.45) is 4.97. The van der Waals surface area contributed by atoms with Crippen molar-refractivity contribution in [1.82, 2.24) is 20.2 Å². The van der Waals surface area contributed by atoms with Gasteiger partial charge in [-0.3, -0.25) is 0 Å². The quantitative estimate of drug-likeness (QED) is 0.669. The van der Waals surface area contributed by atoms with Gasteiger partial charge in [0.25, 0.3) is 0 Å². The summed E-state index contributed by atoms with van der Waals surface area (Å²) in [5.74, 6) is 0.708. The molecule has 0 bridgehead atoms. The first-order valence-corrected chi connectivity index (χ1v) is 10.1. The number of aliphatic hydroxyl groups excluding tert-OH is 1. The minimum Gasteiger partial charge on any atom is -0.394 e. The molecule has 1 unspecified atom stereocenters. The third-order valence-corrected chi connectivity index (χ3v) is 5.61. The van der Waals surface area contributed by atoms with Crippen molar-refractivity contribution in [2.75, 3.05) is 25.0 Å². The molecule has 2 aliphatic rings. The van der Waals surface area contributed by atoms with E-state index in [1.54, 1.807) is 11.0 Å². The van der Waals surface area contributed by atoms with E-state index in [2.05, 4.69) is 20.6 Å². The molecule has 7 nitrogen and oxygen atoms in total. The Morgan fingerprint density at radius 3 is 2.97 bits per heavy atom. The molecular weight excluding hydrogens is 397 g/mol. The third-order valence-electron chi connectivity index (χ3n) is 5.31. The number of nitrogens with one attached hydrogen (secondary N) is 2. The molecule has 1 atom stereocenters. The van der Waals surface area contributed by atoms with Crippen LogP contribution < -0.4 is 10.6 Å². The monoisotopic (exact) mass is 419 g/mol. The van der Waals surface area contributed by atoms with Gasteiger partial charge in [0.1, 0.15) is 5.82 Å². The molecule has 1 aliphatic heterocycles. The summed E-state index contributed by atoms with van der Waals surface area (Å²) in [5, 5.41) is 15.7. The van der Waals surface area contributed by atoms with Gasteiger partial charge in [-0.1, -0.05) is 17.7 Å². The van der Waals surface area contributed by atoms with Crippen LogP contribution in [0.25, 0.3) is 0 Å². The Bertz CT molecular complexity index is 908. The van der Waals surface area contributed by atoms with Gasteiger partial charge in [-0.15, -0.1) is 0 Å². The number of hydrogen-bond donors (Lipinski definition) is 3. The van der Waals surface area contributed by atoms with Crippen LogP contribution in [0.15, 0.2) is 24.4 Å². The van der Waals surface area contributed by atoms with E-state index in [1.165, 1.54) is 25.0 Å². The van der Waals surface area contributed by atoms with Crippen LogP contribution in [-0.4, -0.2) is 45.7 Å². The van der Waals surface area contributed by atoms with Gasteiger partial charge in [-0.2, -0.15) is 0 Å². The molecule has 0 spiro atoms. The number of aromatic nitrogens is 2. The average molecular weight is 420 g/mol. The van der Waals surface area contributed by atoms with Crippen LogP contribution in [0, 0.1) is 11.7 Å². The lowest BCUT2D eigenvalue weighted by Crippen LogP contribution is -2.45. The molecule has 1 aliphatic carbocycles. The van der Waals surface area contributed by atoms with E-state index in [-0.39, 0.29) is 17.7 Å². The topological polar surface area (TPSA) is 90.4 Å². The highest BCUT2D eigenvalue weighted by Gasteiger charge is 2.25. The Balaban J connectivity index is 1.41. The molecule has 1 fully saturated rings. The maximum atomic E-state index is 13.7. The van der Waals surface area contributed by atoms with Gasteiger partial charge in [0.05, 0.1) is 29.9 Å². The van der Waals surface area contributed by atoms with E-state index in [4.69, 9.17) is 11.6 Å². The molecule has 0 radical (unpaired) electrons. The standard InChI is InChI=1S/C20H23ClFN5O2/c21-15-4-3-13(7-16(15)22)18(11-28)26-20(29)27-6-5-14-9-24-19(25-17(14)10-27)23-8-12-1-2-12/h3-4,7,9,12,18,28H,1-2,5-6,8,10-11H2,(H,26,29)(H,23,24,25). The molecule has 1 aromatic carbocycles. The highest BCUT2D eigenvalue weighted by Crippen LogP contribution is 2.28. The Kier molecular flexibility index (Phi) is 5.82. The summed E-state index contributed by atoms with van der Waals surface area (Å²) >= 11 is 5.71. The van der Waals surface area contributed by atoms with Crippen LogP contribution in [0.4, 0.5) is 15.1 Å². The van der Waals surface area contributed by atoms with Gasteiger partial charge in [-0.05, 0) is 48.4 Å². The zero-order valence-corrected chi connectivity index (χ0v) is 16.6. The number of hydrogen-bond acceptors (Lipinski definition) is 5. The van der Waals surface area contributed by atoms with Crippen molar-refractivity contribution in [3.05, 3.63) is 52.1 Å². The van der Waals surface area contributed by atoms with Crippen LogP contribution in [0.1, 0.15) is 35.7 Å². The van der Waals surface area contributed by atoms with Crippen molar-refractivity contribution < 1.29 is 14.3 Å². The second-order valence-corrected chi connectivity index (χ2v) is 7.93. The first kappa shape index (κ1) is 19.8. The number of halogens is 2. The minimum absolute atomic E-state index is 0.00446. The van der Waals surface area contributed by atoms with Crippen LogP contribution in [-0.2, 0) is 13.0 Å². The number of aliphatic hydroxyl groups is 1. The van der Waals surface area contributed by atoms with Gasteiger partial charge in [-0.25, -0.2) is 19.2 Å². The fourth-order valence-corrected chi connectivity index (χ4v) is 3.44. The van der Waals surface area contributed by atoms with E-state index >= 15 is 0 Å². The molecule has 0 saturated heterocycles. The lowest BCUT2D eigenvalue weighted by Gasteiger charge is -2.30. The molecule has 2 aromatic rings. The van der Waals surface area contributed by atoms with Gasteiger partial charge in [0, 0.05) is 19.3 Å². The van der Waals surface area contributed by atoms with Crippen LogP contribution in [0.3, 0.4) is 0 Å². The van der Waals surface area contributed by atoms with Gasteiger partial charge >= 0.3 is 6.03 Å². The van der Waals surface area contributed by atoms with Crippen molar-refractivity contribution in [2.45, 2.75) is 31.8 Å². The molecule has 29 heavy (non-hydrogen) atoms. The lowest BCUT2D eigenvalue weighted by molar-refractivity contribution is 0.176. The average Bonchev–Trinajstić information content (AvgIpc) is 3.56. The number of rotatable bonds is 6. The molecule has 9 heteroatoms. The fraction of sp³-hybridized carbons (Fsp3) is 0.450. The summed E-state index contributed by atoms with van der Waals surface area (Å²) in [6, 6.07) is 3.15. The summed E-state index contributed by atoms with van der Waals surface area (Å²) in [7, 11) is 0.